The summed E-state index contributed by atoms with van der Waals surface area (Å²) < 4.78 is 0. The molecule has 17 heavy (non-hydrogen) atoms. The minimum absolute atomic E-state index is 0.173. The SMILES string of the molecule is CCCO/N=C(/C([NH])=O)c1csc(NC=O)n1. The van der Waals surface area contributed by atoms with E-state index in [-0.39, 0.29) is 11.4 Å². The van der Waals surface area contributed by atoms with Crippen LogP contribution in [-0.2, 0) is 14.4 Å². The van der Waals surface area contributed by atoms with Gasteiger partial charge in [0.05, 0.1) is 0 Å². The molecule has 0 atom stereocenters. The number of oxime groups is 1. The number of anilines is 1. The van der Waals surface area contributed by atoms with Crippen molar-refractivity contribution < 1.29 is 14.4 Å². The average molecular weight is 255 g/mol. The van der Waals surface area contributed by atoms with Gasteiger partial charge < -0.3 is 10.2 Å². The Labute approximate surface area is 102 Å². The Morgan fingerprint density at radius 1 is 1.76 bits per heavy atom. The number of hydrogen-bond acceptors (Lipinski definition) is 6. The predicted octanol–water partition coefficient (Wildman–Crippen LogP) is 0.652. The van der Waals surface area contributed by atoms with Gasteiger partial charge in [-0.25, -0.2) is 4.98 Å². The smallest absolute Gasteiger partial charge is 0.294 e. The Bertz CT molecular complexity index is 430. The number of hydrogen-bond donors (Lipinski definition) is 1. The summed E-state index contributed by atoms with van der Waals surface area (Å²) >= 11 is 1.13. The number of amides is 2. The molecule has 1 heterocycles. The monoisotopic (exact) mass is 255 g/mol. The largest absolute Gasteiger partial charge is 0.395 e. The highest BCUT2D eigenvalue weighted by atomic mass is 32.1. The lowest BCUT2D eigenvalue weighted by Gasteiger charge is -1.98. The molecule has 2 amide bonds. The maximum absolute atomic E-state index is 11.0. The lowest BCUT2D eigenvalue weighted by Crippen LogP contribution is -2.17. The second-order valence-electron chi connectivity index (χ2n) is 2.90. The summed E-state index contributed by atoms with van der Waals surface area (Å²) in [6, 6.07) is 0. The van der Waals surface area contributed by atoms with Crippen LogP contribution in [-0.4, -0.2) is 29.6 Å². The summed E-state index contributed by atoms with van der Waals surface area (Å²) in [7, 11) is 0. The first kappa shape index (κ1) is 13.1. The standard InChI is InChI=1S/C9H11N4O3S/c1-2-3-16-13-7(8(10)15)6-4-17-9(12-6)11-5-14/h4-5,10H,2-3H2,1H3,(H,11,12,14)/b13-7+. The second-order valence-corrected chi connectivity index (χ2v) is 3.76. The maximum Gasteiger partial charge on any atom is 0.294 e. The van der Waals surface area contributed by atoms with E-state index in [4.69, 9.17) is 10.6 Å². The fourth-order valence-electron chi connectivity index (χ4n) is 0.905. The maximum atomic E-state index is 11.0. The Balaban J connectivity index is 2.85. The van der Waals surface area contributed by atoms with Crippen LogP contribution in [0.3, 0.4) is 0 Å². The third kappa shape index (κ3) is 3.83. The molecule has 0 spiro atoms. The van der Waals surface area contributed by atoms with E-state index in [1.165, 1.54) is 5.38 Å². The van der Waals surface area contributed by atoms with Gasteiger partial charge in [-0.2, -0.15) is 0 Å². The molecule has 0 saturated carbocycles. The van der Waals surface area contributed by atoms with E-state index in [0.29, 0.717) is 18.1 Å². The molecule has 2 N–H and O–H groups in total. The van der Waals surface area contributed by atoms with Crippen molar-refractivity contribution in [1.29, 1.82) is 0 Å². The summed E-state index contributed by atoms with van der Waals surface area (Å²) in [5.41, 5.74) is 7.09. The molecule has 8 heteroatoms. The van der Waals surface area contributed by atoms with Crippen LogP contribution in [0.15, 0.2) is 10.5 Å². The van der Waals surface area contributed by atoms with Gasteiger partial charge in [-0.05, 0) is 6.42 Å². The molecule has 0 bridgehead atoms. The molecular formula is C9H11N4O3S. The van der Waals surface area contributed by atoms with E-state index in [9.17, 15) is 9.59 Å². The normalized spacial score (nSPS) is 11.0. The zero-order chi connectivity index (χ0) is 12.7. The van der Waals surface area contributed by atoms with Crippen LogP contribution in [0.1, 0.15) is 19.0 Å². The van der Waals surface area contributed by atoms with Crippen LogP contribution >= 0.6 is 11.3 Å². The highest BCUT2D eigenvalue weighted by Crippen LogP contribution is 2.15. The van der Waals surface area contributed by atoms with Gasteiger partial charge in [0.15, 0.2) is 10.8 Å². The van der Waals surface area contributed by atoms with Crippen LogP contribution in [0.4, 0.5) is 5.13 Å². The zero-order valence-electron chi connectivity index (χ0n) is 9.10. The van der Waals surface area contributed by atoms with Crippen molar-refractivity contribution in [2.24, 2.45) is 5.16 Å². The molecule has 1 aromatic heterocycles. The van der Waals surface area contributed by atoms with Gasteiger partial charge in [-0.1, -0.05) is 12.1 Å². The summed E-state index contributed by atoms with van der Waals surface area (Å²) in [5.74, 6) is -0.982. The van der Waals surface area contributed by atoms with Crippen LogP contribution in [0.2, 0.25) is 0 Å². The molecule has 0 fully saturated rings. The molecule has 91 valence electrons. The number of nitrogens with zero attached hydrogens (tertiary/aromatic N) is 2. The summed E-state index contributed by atoms with van der Waals surface area (Å²) in [5, 5.41) is 7.76. The van der Waals surface area contributed by atoms with Crippen LogP contribution in [0, 0.1) is 0 Å². The fraction of sp³-hybridized carbons (Fsp3) is 0.333. The molecule has 0 aliphatic rings. The van der Waals surface area contributed by atoms with Crippen molar-refractivity contribution >= 4 is 34.5 Å². The first-order valence-corrected chi connectivity index (χ1v) is 5.69. The van der Waals surface area contributed by atoms with Crippen LogP contribution in [0.25, 0.3) is 0 Å². The molecular weight excluding hydrogens is 244 g/mol. The minimum Gasteiger partial charge on any atom is -0.395 e. The van der Waals surface area contributed by atoms with Gasteiger partial charge >= 0.3 is 0 Å². The fourth-order valence-corrected chi connectivity index (χ4v) is 1.56. The number of nitrogens with one attached hydrogen (secondary N) is 2. The topological polar surface area (TPSA) is 104 Å². The van der Waals surface area contributed by atoms with Gasteiger partial charge in [0.25, 0.3) is 5.91 Å². The molecule has 0 aliphatic carbocycles. The number of thiazole rings is 1. The van der Waals surface area contributed by atoms with Gasteiger partial charge in [0.1, 0.15) is 12.3 Å². The van der Waals surface area contributed by atoms with E-state index in [1.807, 2.05) is 6.92 Å². The van der Waals surface area contributed by atoms with Gasteiger partial charge in [0.2, 0.25) is 6.41 Å². The van der Waals surface area contributed by atoms with Crippen molar-refractivity contribution in [3.8, 4) is 0 Å². The molecule has 0 unspecified atom stereocenters. The lowest BCUT2D eigenvalue weighted by molar-refractivity contribution is -0.112. The first-order chi connectivity index (χ1) is 8.19. The van der Waals surface area contributed by atoms with Crippen molar-refractivity contribution in [1.82, 2.24) is 10.7 Å². The third-order valence-electron chi connectivity index (χ3n) is 1.60. The Morgan fingerprint density at radius 3 is 3.12 bits per heavy atom. The Morgan fingerprint density at radius 2 is 2.53 bits per heavy atom. The van der Waals surface area contributed by atoms with Crippen LogP contribution in [0.5, 0.6) is 0 Å². The van der Waals surface area contributed by atoms with Crippen molar-refractivity contribution in [2.45, 2.75) is 13.3 Å². The van der Waals surface area contributed by atoms with Gasteiger partial charge in [-0.15, -0.1) is 11.3 Å². The zero-order valence-corrected chi connectivity index (χ0v) is 9.91. The lowest BCUT2D eigenvalue weighted by atomic mass is 10.3. The van der Waals surface area contributed by atoms with Crippen molar-refractivity contribution in [2.75, 3.05) is 11.9 Å². The molecule has 0 aromatic carbocycles. The summed E-state index contributed by atoms with van der Waals surface area (Å²) in [4.78, 5) is 30.0. The number of rotatable bonds is 7. The van der Waals surface area contributed by atoms with Gasteiger partial charge in [-0.3, -0.25) is 15.3 Å². The Kier molecular flexibility index (Phi) is 5.08. The number of carbonyl (C=O) groups excluding carboxylic acids is 2. The van der Waals surface area contributed by atoms with Gasteiger partial charge in [0, 0.05) is 5.38 Å². The molecule has 0 aliphatic heterocycles. The van der Waals surface area contributed by atoms with E-state index in [0.717, 1.165) is 17.8 Å². The molecule has 1 aromatic rings. The van der Waals surface area contributed by atoms with E-state index < -0.39 is 5.91 Å². The first-order valence-electron chi connectivity index (χ1n) is 4.81. The molecule has 7 nitrogen and oxygen atoms in total. The Hall–Kier alpha value is -1.96. The van der Waals surface area contributed by atoms with Crippen molar-refractivity contribution in [3.05, 3.63) is 11.1 Å². The van der Waals surface area contributed by atoms with E-state index in [2.05, 4.69) is 15.5 Å². The van der Waals surface area contributed by atoms with Crippen LogP contribution < -0.4 is 11.1 Å². The second kappa shape index (κ2) is 6.59. The quantitative estimate of drug-likeness (QED) is 0.334. The molecule has 1 rings (SSSR count). The molecule has 1 radical (unpaired) electrons. The third-order valence-corrected chi connectivity index (χ3v) is 2.37. The molecule has 0 saturated heterocycles. The van der Waals surface area contributed by atoms with E-state index >= 15 is 0 Å². The summed E-state index contributed by atoms with van der Waals surface area (Å²) in [6.45, 7) is 2.26. The summed E-state index contributed by atoms with van der Waals surface area (Å²) in [6.07, 6.45) is 1.23. The average Bonchev–Trinajstić information content (AvgIpc) is 2.73. The number of carbonyl (C=O) groups is 2. The van der Waals surface area contributed by atoms with E-state index in [1.54, 1.807) is 0 Å². The highest BCUT2D eigenvalue weighted by Gasteiger charge is 2.16. The number of aromatic nitrogens is 1. The predicted molar refractivity (Wildman–Crippen MR) is 62.7 cm³/mol. The highest BCUT2D eigenvalue weighted by molar-refractivity contribution is 7.14. The van der Waals surface area contributed by atoms with Crippen molar-refractivity contribution in [3.63, 3.8) is 0 Å². The minimum atomic E-state index is -0.982.